The van der Waals surface area contributed by atoms with Crippen LogP contribution in [0.25, 0.3) is 0 Å². The molecule has 11 heavy (non-hydrogen) atoms. The fraction of sp³-hybridized carbons (Fsp3) is 1.00. The summed E-state index contributed by atoms with van der Waals surface area (Å²) in [7, 11) is 0. The molecule has 1 aliphatic carbocycles. The molecule has 2 unspecified atom stereocenters. The molecule has 0 bridgehead atoms. The second kappa shape index (κ2) is 2.48. The van der Waals surface area contributed by atoms with E-state index < -0.39 is 0 Å². The van der Waals surface area contributed by atoms with Crippen LogP contribution in [0.4, 0.5) is 0 Å². The lowest BCUT2D eigenvalue weighted by Crippen LogP contribution is -2.56. The lowest BCUT2D eigenvalue weighted by atomic mass is 9.63. The zero-order valence-electron chi connectivity index (χ0n) is 7.69. The fourth-order valence-corrected chi connectivity index (χ4v) is 2.60. The Morgan fingerprint density at radius 3 is 2.36 bits per heavy atom. The van der Waals surface area contributed by atoms with Gasteiger partial charge in [-0.15, -0.1) is 0 Å². The first-order valence-electron chi connectivity index (χ1n) is 4.93. The molecule has 0 radical (unpaired) electrons. The molecule has 1 heterocycles. The molecule has 0 aromatic carbocycles. The quantitative estimate of drug-likeness (QED) is 0.561. The number of hydrogen-bond donors (Lipinski definition) is 1. The van der Waals surface area contributed by atoms with Crippen LogP contribution in [0, 0.1) is 17.3 Å². The van der Waals surface area contributed by atoms with Gasteiger partial charge in [-0.25, -0.2) is 0 Å². The molecule has 2 aliphatic rings. The first-order chi connectivity index (χ1) is 5.22. The Bertz CT molecular complexity index is 149. The van der Waals surface area contributed by atoms with Crippen molar-refractivity contribution < 1.29 is 0 Å². The second-order valence-electron chi connectivity index (χ2n) is 4.80. The second-order valence-corrected chi connectivity index (χ2v) is 4.80. The van der Waals surface area contributed by atoms with Crippen LogP contribution < -0.4 is 5.32 Å². The monoisotopic (exact) mass is 153 g/mol. The summed E-state index contributed by atoms with van der Waals surface area (Å²) in [5.74, 6) is 1.94. The molecule has 0 aromatic rings. The van der Waals surface area contributed by atoms with Crippen molar-refractivity contribution in [2.45, 2.75) is 33.1 Å². The number of hydrogen-bond acceptors (Lipinski definition) is 1. The molecule has 1 aliphatic heterocycles. The van der Waals surface area contributed by atoms with Gasteiger partial charge in [0.2, 0.25) is 0 Å². The van der Waals surface area contributed by atoms with Crippen LogP contribution in [0.3, 0.4) is 0 Å². The van der Waals surface area contributed by atoms with Crippen LogP contribution in [0.5, 0.6) is 0 Å². The zero-order valence-corrected chi connectivity index (χ0v) is 7.69. The molecule has 1 spiro atoms. The van der Waals surface area contributed by atoms with Gasteiger partial charge in [0.05, 0.1) is 0 Å². The first kappa shape index (κ1) is 7.60. The Morgan fingerprint density at radius 1 is 1.18 bits per heavy atom. The van der Waals surface area contributed by atoms with Gasteiger partial charge < -0.3 is 5.32 Å². The summed E-state index contributed by atoms with van der Waals surface area (Å²) in [5, 5.41) is 3.41. The Hall–Kier alpha value is -0.0400. The van der Waals surface area contributed by atoms with Crippen LogP contribution in [0.1, 0.15) is 33.1 Å². The highest BCUT2D eigenvalue weighted by Crippen LogP contribution is 2.44. The molecule has 0 aromatic heterocycles. The summed E-state index contributed by atoms with van der Waals surface area (Å²) in [4.78, 5) is 0. The minimum absolute atomic E-state index is 0.742. The SMILES string of the molecule is CC1CCC2(CNC2)CC1C. The zero-order chi connectivity index (χ0) is 7.90. The van der Waals surface area contributed by atoms with E-state index in [1.807, 2.05) is 0 Å². The Morgan fingerprint density at radius 2 is 1.91 bits per heavy atom. The highest BCUT2D eigenvalue weighted by Gasteiger charge is 2.41. The summed E-state index contributed by atoms with van der Waals surface area (Å²) in [5.41, 5.74) is 0.742. The smallest absolute Gasteiger partial charge is 0.00203 e. The van der Waals surface area contributed by atoms with Crippen LogP contribution >= 0.6 is 0 Å². The van der Waals surface area contributed by atoms with Gasteiger partial charge in [-0.2, -0.15) is 0 Å². The third-order valence-corrected chi connectivity index (χ3v) is 3.86. The third kappa shape index (κ3) is 1.20. The molecule has 2 rings (SSSR count). The van der Waals surface area contributed by atoms with E-state index in [9.17, 15) is 0 Å². The number of nitrogens with one attached hydrogen (secondary N) is 1. The molecule has 2 atom stereocenters. The lowest BCUT2D eigenvalue weighted by molar-refractivity contribution is 0.0504. The van der Waals surface area contributed by atoms with Crippen LogP contribution in [0.2, 0.25) is 0 Å². The van der Waals surface area contributed by atoms with Crippen molar-refractivity contribution in [1.29, 1.82) is 0 Å². The standard InChI is InChI=1S/C10H19N/c1-8-3-4-10(5-9(8)2)6-11-7-10/h8-9,11H,3-7H2,1-2H3. The van der Waals surface area contributed by atoms with Gasteiger partial charge in [-0.1, -0.05) is 13.8 Å². The van der Waals surface area contributed by atoms with E-state index >= 15 is 0 Å². The summed E-state index contributed by atoms with van der Waals surface area (Å²) in [6, 6.07) is 0. The lowest BCUT2D eigenvalue weighted by Gasteiger charge is -2.49. The summed E-state index contributed by atoms with van der Waals surface area (Å²) >= 11 is 0. The molecule has 1 saturated heterocycles. The van der Waals surface area contributed by atoms with Gasteiger partial charge in [0.15, 0.2) is 0 Å². The normalized spacial score (nSPS) is 42.0. The fourth-order valence-electron chi connectivity index (χ4n) is 2.60. The van der Waals surface area contributed by atoms with Crippen molar-refractivity contribution in [3.63, 3.8) is 0 Å². The molecule has 1 N–H and O–H groups in total. The van der Waals surface area contributed by atoms with Crippen molar-refractivity contribution in [2.24, 2.45) is 17.3 Å². The van der Waals surface area contributed by atoms with Crippen LogP contribution in [-0.2, 0) is 0 Å². The third-order valence-electron chi connectivity index (χ3n) is 3.86. The average molecular weight is 153 g/mol. The first-order valence-corrected chi connectivity index (χ1v) is 4.93. The molecular formula is C10H19N. The van der Waals surface area contributed by atoms with Crippen LogP contribution in [0.15, 0.2) is 0 Å². The maximum atomic E-state index is 3.41. The maximum Gasteiger partial charge on any atom is 0.00203 e. The van der Waals surface area contributed by atoms with Crippen LogP contribution in [-0.4, -0.2) is 13.1 Å². The predicted octanol–water partition coefficient (Wildman–Crippen LogP) is 2.03. The summed E-state index contributed by atoms with van der Waals surface area (Å²) in [6.07, 6.45) is 4.41. The van der Waals surface area contributed by atoms with Gasteiger partial charge in [-0.3, -0.25) is 0 Å². The summed E-state index contributed by atoms with van der Waals surface area (Å²) in [6.45, 7) is 7.42. The minimum Gasteiger partial charge on any atom is -0.316 e. The van der Waals surface area contributed by atoms with Crippen molar-refractivity contribution in [2.75, 3.05) is 13.1 Å². The molecule has 0 amide bonds. The molecular weight excluding hydrogens is 134 g/mol. The summed E-state index contributed by atoms with van der Waals surface area (Å²) < 4.78 is 0. The molecule has 1 nitrogen and oxygen atoms in total. The van der Waals surface area contributed by atoms with Gasteiger partial charge >= 0.3 is 0 Å². The van der Waals surface area contributed by atoms with E-state index in [0.717, 1.165) is 17.3 Å². The topological polar surface area (TPSA) is 12.0 Å². The molecule has 1 saturated carbocycles. The molecule has 2 fully saturated rings. The van der Waals surface area contributed by atoms with Gasteiger partial charge in [-0.05, 0) is 36.5 Å². The van der Waals surface area contributed by atoms with Gasteiger partial charge in [0.1, 0.15) is 0 Å². The minimum atomic E-state index is 0.742. The number of rotatable bonds is 0. The highest BCUT2D eigenvalue weighted by molar-refractivity contribution is 4.96. The Kier molecular flexibility index (Phi) is 1.71. The Balaban J connectivity index is 1.97. The van der Waals surface area contributed by atoms with Crippen molar-refractivity contribution >= 4 is 0 Å². The largest absolute Gasteiger partial charge is 0.316 e. The average Bonchev–Trinajstić information content (AvgIpc) is 1.92. The van der Waals surface area contributed by atoms with E-state index in [4.69, 9.17) is 0 Å². The maximum absolute atomic E-state index is 3.41. The predicted molar refractivity (Wildman–Crippen MR) is 47.5 cm³/mol. The van der Waals surface area contributed by atoms with Gasteiger partial charge in [0, 0.05) is 13.1 Å². The van der Waals surface area contributed by atoms with E-state index in [0.29, 0.717) is 0 Å². The van der Waals surface area contributed by atoms with Crippen molar-refractivity contribution in [3.05, 3.63) is 0 Å². The van der Waals surface area contributed by atoms with E-state index in [2.05, 4.69) is 19.2 Å². The molecule has 64 valence electrons. The van der Waals surface area contributed by atoms with Crippen molar-refractivity contribution in [1.82, 2.24) is 5.32 Å². The van der Waals surface area contributed by atoms with E-state index in [1.165, 1.54) is 32.4 Å². The highest BCUT2D eigenvalue weighted by atomic mass is 15.0. The molecule has 1 heteroatoms. The van der Waals surface area contributed by atoms with Gasteiger partial charge in [0.25, 0.3) is 0 Å². The van der Waals surface area contributed by atoms with E-state index in [-0.39, 0.29) is 0 Å². The Labute approximate surface area is 69.6 Å². The van der Waals surface area contributed by atoms with Crippen molar-refractivity contribution in [3.8, 4) is 0 Å². The van der Waals surface area contributed by atoms with E-state index in [1.54, 1.807) is 0 Å².